The van der Waals surface area contributed by atoms with Gasteiger partial charge in [-0.25, -0.2) is 0 Å². The van der Waals surface area contributed by atoms with E-state index in [-0.39, 0.29) is 11.9 Å². The first kappa shape index (κ1) is 11.0. The minimum Gasteiger partial charge on any atom is -0.472 e. The number of furan rings is 1. The molecule has 0 aliphatic carbocycles. The molecule has 6 heteroatoms. The SMILES string of the molecule is COC(=O)C1CCc2nnc(-c3ccoc3)n2C1. The molecule has 0 saturated heterocycles. The van der Waals surface area contributed by atoms with Crippen LogP contribution < -0.4 is 0 Å². The lowest BCUT2D eigenvalue weighted by Crippen LogP contribution is -2.28. The molecule has 0 spiro atoms. The average molecular weight is 247 g/mol. The van der Waals surface area contributed by atoms with Gasteiger partial charge in [0, 0.05) is 13.0 Å². The second-order valence-corrected chi connectivity index (χ2v) is 4.32. The molecule has 0 fully saturated rings. The molecular weight excluding hydrogens is 234 g/mol. The number of carbonyl (C=O) groups excluding carboxylic acids is 1. The summed E-state index contributed by atoms with van der Waals surface area (Å²) in [5.74, 6) is 1.36. The fourth-order valence-corrected chi connectivity index (χ4v) is 2.29. The first-order valence-electron chi connectivity index (χ1n) is 5.82. The molecule has 1 aliphatic heterocycles. The van der Waals surface area contributed by atoms with Gasteiger partial charge >= 0.3 is 5.97 Å². The summed E-state index contributed by atoms with van der Waals surface area (Å²) in [5.41, 5.74) is 0.874. The maximum absolute atomic E-state index is 11.6. The monoisotopic (exact) mass is 247 g/mol. The fourth-order valence-electron chi connectivity index (χ4n) is 2.29. The van der Waals surface area contributed by atoms with Crippen molar-refractivity contribution in [3.63, 3.8) is 0 Å². The van der Waals surface area contributed by atoms with Crippen LogP contribution in [0.15, 0.2) is 23.0 Å². The van der Waals surface area contributed by atoms with Gasteiger partial charge in [-0.15, -0.1) is 10.2 Å². The predicted octanol–water partition coefficient (Wildman–Crippen LogP) is 1.27. The molecule has 3 heterocycles. The highest BCUT2D eigenvalue weighted by atomic mass is 16.5. The standard InChI is InChI=1S/C12H13N3O3/c1-17-12(16)8-2-3-10-13-14-11(15(10)6-8)9-4-5-18-7-9/h4-5,7-8H,2-3,6H2,1H3. The van der Waals surface area contributed by atoms with Gasteiger partial charge in [-0.3, -0.25) is 4.79 Å². The number of carbonyl (C=O) groups is 1. The van der Waals surface area contributed by atoms with E-state index in [1.54, 1.807) is 12.5 Å². The number of aryl methyl sites for hydroxylation is 1. The van der Waals surface area contributed by atoms with Crippen molar-refractivity contribution >= 4 is 5.97 Å². The van der Waals surface area contributed by atoms with E-state index in [2.05, 4.69) is 10.2 Å². The van der Waals surface area contributed by atoms with Crippen molar-refractivity contribution < 1.29 is 13.9 Å². The minimum atomic E-state index is -0.174. The van der Waals surface area contributed by atoms with E-state index in [1.807, 2.05) is 10.6 Å². The van der Waals surface area contributed by atoms with Crippen molar-refractivity contribution in [2.24, 2.45) is 5.92 Å². The Balaban J connectivity index is 1.94. The van der Waals surface area contributed by atoms with Crippen molar-refractivity contribution in [3.8, 4) is 11.4 Å². The molecule has 1 unspecified atom stereocenters. The van der Waals surface area contributed by atoms with Crippen LogP contribution in [0.2, 0.25) is 0 Å². The van der Waals surface area contributed by atoms with E-state index < -0.39 is 0 Å². The van der Waals surface area contributed by atoms with Crippen LogP contribution in [0.4, 0.5) is 0 Å². The summed E-state index contributed by atoms with van der Waals surface area (Å²) in [4.78, 5) is 11.6. The lowest BCUT2D eigenvalue weighted by Gasteiger charge is -2.21. The first-order valence-corrected chi connectivity index (χ1v) is 5.82. The van der Waals surface area contributed by atoms with Crippen LogP contribution in [0, 0.1) is 5.92 Å². The van der Waals surface area contributed by atoms with Gasteiger partial charge in [0.1, 0.15) is 12.1 Å². The zero-order chi connectivity index (χ0) is 12.5. The third-order valence-electron chi connectivity index (χ3n) is 3.26. The summed E-state index contributed by atoms with van der Waals surface area (Å²) in [5, 5.41) is 8.31. The van der Waals surface area contributed by atoms with E-state index in [0.717, 1.165) is 30.1 Å². The summed E-state index contributed by atoms with van der Waals surface area (Å²) < 4.78 is 11.8. The third kappa shape index (κ3) is 1.70. The minimum absolute atomic E-state index is 0.121. The lowest BCUT2D eigenvalue weighted by atomic mass is 9.99. The normalized spacial score (nSPS) is 18.4. The Morgan fingerprint density at radius 1 is 1.56 bits per heavy atom. The second kappa shape index (κ2) is 4.29. The predicted molar refractivity (Wildman–Crippen MR) is 61.6 cm³/mol. The Bertz CT molecular complexity index is 559. The number of nitrogens with zero attached hydrogens (tertiary/aromatic N) is 3. The Morgan fingerprint density at radius 2 is 2.44 bits per heavy atom. The average Bonchev–Trinajstić information content (AvgIpc) is 3.05. The van der Waals surface area contributed by atoms with Crippen molar-refractivity contribution in [3.05, 3.63) is 24.4 Å². The van der Waals surface area contributed by atoms with E-state index in [0.29, 0.717) is 6.54 Å². The molecule has 3 rings (SSSR count). The summed E-state index contributed by atoms with van der Waals surface area (Å²) in [6.45, 7) is 0.565. The number of hydrogen-bond donors (Lipinski definition) is 0. The topological polar surface area (TPSA) is 70.2 Å². The summed E-state index contributed by atoms with van der Waals surface area (Å²) in [6, 6.07) is 1.83. The number of fused-ring (bicyclic) bond motifs is 1. The van der Waals surface area contributed by atoms with Gasteiger partial charge in [-0.1, -0.05) is 0 Å². The van der Waals surface area contributed by atoms with Crippen molar-refractivity contribution in [1.82, 2.24) is 14.8 Å². The van der Waals surface area contributed by atoms with Crippen LogP contribution in [-0.4, -0.2) is 27.8 Å². The van der Waals surface area contributed by atoms with Crippen LogP contribution in [0.3, 0.4) is 0 Å². The molecule has 1 atom stereocenters. The molecule has 1 aliphatic rings. The Morgan fingerprint density at radius 3 is 3.17 bits per heavy atom. The lowest BCUT2D eigenvalue weighted by molar-refractivity contribution is -0.146. The van der Waals surface area contributed by atoms with E-state index in [4.69, 9.17) is 9.15 Å². The highest BCUT2D eigenvalue weighted by Gasteiger charge is 2.28. The molecule has 0 bridgehead atoms. The molecule has 6 nitrogen and oxygen atoms in total. The Labute approximate surface area is 104 Å². The number of methoxy groups -OCH3 is 1. The molecule has 2 aromatic heterocycles. The quantitative estimate of drug-likeness (QED) is 0.747. The van der Waals surface area contributed by atoms with E-state index >= 15 is 0 Å². The van der Waals surface area contributed by atoms with Crippen LogP contribution in [0.25, 0.3) is 11.4 Å². The van der Waals surface area contributed by atoms with E-state index in [1.165, 1.54) is 7.11 Å². The van der Waals surface area contributed by atoms with Gasteiger partial charge < -0.3 is 13.7 Å². The van der Waals surface area contributed by atoms with Gasteiger partial charge in [0.25, 0.3) is 0 Å². The molecule has 0 radical (unpaired) electrons. The van der Waals surface area contributed by atoms with Crippen molar-refractivity contribution in [2.45, 2.75) is 19.4 Å². The van der Waals surface area contributed by atoms with Crippen molar-refractivity contribution in [2.75, 3.05) is 7.11 Å². The highest BCUT2D eigenvalue weighted by Crippen LogP contribution is 2.26. The number of aromatic nitrogens is 3. The maximum atomic E-state index is 11.6. The number of esters is 1. The summed E-state index contributed by atoms with van der Waals surface area (Å²) >= 11 is 0. The highest BCUT2D eigenvalue weighted by molar-refractivity contribution is 5.72. The summed E-state index contributed by atoms with van der Waals surface area (Å²) in [6.07, 6.45) is 4.72. The molecule has 0 amide bonds. The maximum Gasteiger partial charge on any atom is 0.310 e. The Kier molecular flexibility index (Phi) is 2.62. The van der Waals surface area contributed by atoms with Gasteiger partial charge in [-0.05, 0) is 12.5 Å². The van der Waals surface area contributed by atoms with Gasteiger partial charge in [0.05, 0.1) is 24.9 Å². The smallest absolute Gasteiger partial charge is 0.310 e. The fraction of sp³-hybridized carbons (Fsp3) is 0.417. The number of hydrogen-bond acceptors (Lipinski definition) is 5. The zero-order valence-electron chi connectivity index (χ0n) is 10.00. The van der Waals surface area contributed by atoms with Crippen LogP contribution >= 0.6 is 0 Å². The summed E-state index contributed by atoms with van der Waals surface area (Å²) in [7, 11) is 1.42. The Hall–Kier alpha value is -2.11. The molecular formula is C12H13N3O3. The van der Waals surface area contributed by atoms with Crippen molar-refractivity contribution in [1.29, 1.82) is 0 Å². The van der Waals surface area contributed by atoms with Gasteiger partial charge in [-0.2, -0.15) is 0 Å². The van der Waals surface area contributed by atoms with E-state index in [9.17, 15) is 4.79 Å². The molecule has 0 aromatic carbocycles. The molecule has 18 heavy (non-hydrogen) atoms. The largest absolute Gasteiger partial charge is 0.472 e. The van der Waals surface area contributed by atoms with Gasteiger partial charge in [0.2, 0.25) is 0 Å². The molecule has 0 saturated carbocycles. The molecule has 2 aromatic rings. The number of ether oxygens (including phenoxy) is 1. The molecule has 94 valence electrons. The van der Waals surface area contributed by atoms with Crippen LogP contribution in [0.1, 0.15) is 12.2 Å². The first-order chi connectivity index (χ1) is 8.79. The molecule has 0 N–H and O–H groups in total. The third-order valence-corrected chi connectivity index (χ3v) is 3.26. The van der Waals surface area contributed by atoms with Gasteiger partial charge in [0.15, 0.2) is 5.82 Å². The van der Waals surface area contributed by atoms with Crippen LogP contribution in [0.5, 0.6) is 0 Å². The number of rotatable bonds is 2. The zero-order valence-corrected chi connectivity index (χ0v) is 10.00. The van der Waals surface area contributed by atoms with Crippen LogP contribution in [-0.2, 0) is 22.5 Å². The second-order valence-electron chi connectivity index (χ2n) is 4.32.